The van der Waals surface area contributed by atoms with E-state index >= 15 is 0 Å². The second-order valence-electron chi connectivity index (χ2n) is 6.64. The van der Waals surface area contributed by atoms with Gasteiger partial charge in [-0.2, -0.15) is 0 Å². The molecule has 0 saturated heterocycles. The topological polar surface area (TPSA) is 37.4 Å². The van der Waals surface area contributed by atoms with Crippen LogP contribution < -0.4 is 0 Å². The molecule has 136 valence electrons. The maximum absolute atomic E-state index is 10.3. The predicted molar refractivity (Wildman–Crippen MR) is 98.9 cm³/mol. The van der Waals surface area contributed by atoms with Gasteiger partial charge in [0, 0.05) is 12.8 Å². The Balaban J connectivity index is 3.59. The highest BCUT2D eigenvalue weighted by atomic mass is 16.1. The maximum atomic E-state index is 10.3. The lowest BCUT2D eigenvalue weighted by Gasteiger charge is -2.22. The second-order valence-corrected chi connectivity index (χ2v) is 6.64. The summed E-state index contributed by atoms with van der Waals surface area (Å²) in [6, 6.07) is 0. The van der Waals surface area contributed by atoms with Gasteiger partial charge in [-0.25, -0.2) is 0 Å². The van der Waals surface area contributed by atoms with Crippen LogP contribution in [-0.4, -0.2) is 37.1 Å². The fourth-order valence-electron chi connectivity index (χ4n) is 2.90. The van der Waals surface area contributed by atoms with Crippen LogP contribution in [0.15, 0.2) is 0 Å². The summed E-state index contributed by atoms with van der Waals surface area (Å²) in [5.41, 5.74) is 0. The largest absolute Gasteiger partial charge is 0.303 e. The third-order valence-electron chi connectivity index (χ3n) is 4.42. The Morgan fingerprint density at radius 1 is 0.565 bits per heavy atom. The van der Waals surface area contributed by atoms with Gasteiger partial charge in [-0.1, -0.05) is 51.9 Å². The lowest BCUT2D eigenvalue weighted by molar-refractivity contribution is -0.108. The van der Waals surface area contributed by atoms with Crippen molar-refractivity contribution in [2.24, 2.45) is 0 Å². The molecule has 0 amide bonds. The van der Waals surface area contributed by atoms with Crippen LogP contribution in [0.25, 0.3) is 0 Å². The van der Waals surface area contributed by atoms with Crippen molar-refractivity contribution in [2.75, 3.05) is 19.6 Å². The van der Waals surface area contributed by atoms with E-state index in [4.69, 9.17) is 0 Å². The second kappa shape index (κ2) is 19.3. The summed E-state index contributed by atoms with van der Waals surface area (Å²) in [6.45, 7) is 5.97. The van der Waals surface area contributed by atoms with E-state index in [9.17, 15) is 9.59 Å². The predicted octanol–water partition coefficient (Wildman–Crippen LogP) is 5.17. The minimum absolute atomic E-state index is 0.732. The van der Waals surface area contributed by atoms with Crippen LogP contribution in [0.1, 0.15) is 96.8 Å². The first-order valence-corrected chi connectivity index (χ1v) is 9.94. The number of rotatable bonds is 19. The van der Waals surface area contributed by atoms with Gasteiger partial charge in [0.2, 0.25) is 0 Å². The summed E-state index contributed by atoms with van der Waals surface area (Å²) >= 11 is 0. The Bertz CT molecular complexity index is 234. The van der Waals surface area contributed by atoms with Gasteiger partial charge in [0.05, 0.1) is 0 Å². The van der Waals surface area contributed by atoms with E-state index in [0.29, 0.717) is 0 Å². The molecule has 3 nitrogen and oxygen atoms in total. The SMILES string of the molecule is CCCCN(CCCCCCCC=O)CCCCCCCC=O. The summed E-state index contributed by atoms with van der Waals surface area (Å²) in [6.07, 6.45) is 18.4. The van der Waals surface area contributed by atoms with E-state index in [1.807, 2.05) is 0 Å². The first-order valence-electron chi connectivity index (χ1n) is 9.94. The first-order chi connectivity index (χ1) is 11.3. The van der Waals surface area contributed by atoms with Gasteiger partial charge in [0.15, 0.2) is 0 Å². The van der Waals surface area contributed by atoms with Gasteiger partial charge in [0.1, 0.15) is 12.6 Å². The van der Waals surface area contributed by atoms with Crippen molar-refractivity contribution >= 4 is 12.6 Å². The zero-order valence-corrected chi connectivity index (χ0v) is 15.4. The van der Waals surface area contributed by atoms with Crippen molar-refractivity contribution in [3.05, 3.63) is 0 Å². The van der Waals surface area contributed by atoms with Crippen LogP contribution in [-0.2, 0) is 9.59 Å². The number of nitrogens with zero attached hydrogens (tertiary/aromatic N) is 1. The highest BCUT2D eigenvalue weighted by Gasteiger charge is 2.04. The molecule has 0 spiro atoms. The molecule has 23 heavy (non-hydrogen) atoms. The van der Waals surface area contributed by atoms with E-state index in [-0.39, 0.29) is 0 Å². The summed E-state index contributed by atoms with van der Waals surface area (Å²) in [7, 11) is 0. The molecule has 3 heteroatoms. The Labute approximate surface area is 144 Å². The number of aldehydes is 2. The number of hydrogen-bond donors (Lipinski definition) is 0. The zero-order valence-electron chi connectivity index (χ0n) is 15.4. The molecule has 0 bridgehead atoms. The van der Waals surface area contributed by atoms with E-state index in [1.165, 1.54) is 83.8 Å². The third kappa shape index (κ3) is 17.5. The average Bonchev–Trinajstić information content (AvgIpc) is 2.57. The van der Waals surface area contributed by atoms with Gasteiger partial charge in [-0.3, -0.25) is 0 Å². The molecule has 0 N–H and O–H groups in total. The van der Waals surface area contributed by atoms with Crippen LogP contribution >= 0.6 is 0 Å². The van der Waals surface area contributed by atoms with E-state index in [1.54, 1.807) is 0 Å². The highest BCUT2D eigenvalue weighted by molar-refractivity contribution is 5.49. The van der Waals surface area contributed by atoms with Crippen LogP contribution in [0, 0.1) is 0 Å². The van der Waals surface area contributed by atoms with Crippen molar-refractivity contribution in [1.29, 1.82) is 0 Å². The van der Waals surface area contributed by atoms with Gasteiger partial charge < -0.3 is 14.5 Å². The van der Waals surface area contributed by atoms with E-state index in [0.717, 1.165) is 38.3 Å². The monoisotopic (exact) mass is 325 g/mol. The molecular formula is C20H39NO2. The Kier molecular flexibility index (Phi) is 18.8. The Morgan fingerprint density at radius 2 is 0.957 bits per heavy atom. The molecule has 0 aliphatic heterocycles. The van der Waals surface area contributed by atoms with Crippen LogP contribution in [0.3, 0.4) is 0 Å². The van der Waals surface area contributed by atoms with Crippen molar-refractivity contribution < 1.29 is 9.59 Å². The average molecular weight is 326 g/mol. The molecule has 0 aliphatic rings. The molecule has 0 atom stereocenters. The lowest BCUT2D eigenvalue weighted by atomic mass is 10.1. The quantitative estimate of drug-likeness (QED) is 0.243. The van der Waals surface area contributed by atoms with Crippen molar-refractivity contribution in [3.8, 4) is 0 Å². The van der Waals surface area contributed by atoms with Crippen molar-refractivity contribution in [1.82, 2.24) is 4.90 Å². The standard InChI is InChI=1S/C20H39NO2/c1-2-3-16-21(17-12-8-4-6-10-14-19-22)18-13-9-5-7-11-15-20-23/h19-20H,2-18H2,1H3. The Morgan fingerprint density at radius 3 is 1.39 bits per heavy atom. The smallest absolute Gasteiger partial charge is 0.119 e. The molecule has 0 aliphatic carbocycles. The summed E-state index contributed by atoms with van der Waals surface area (Å²) in [4.78, 5) is 23.2. The third-order valence-corrected chi connectivity index (χ3v) is 4.42. The fourth-order valence-corrected chi connectivity index (χ4v) is 2.90. The van der Waals surface area contributed by atoms with Crippen molar-refractivity contribution in [3.63, 3.8) is 0 Å². The van der Waals surface area contributed by atoms with Gasteiger partial charge in [-0.15, -0.1) is 0 Å². The molecule has 0 heterocycles. The lowest BCUT2D eigenvalue weighted by Crippen LogP contribution is -2.27. The zero-order chi connectivity index (χ0) is 17.0. The number of hydrogen-bond acceptors (Lipinski definition) is 3. The number of unbranched alkanes of at least 4 members (excludes halogenated alkanes) is 11. The highest BCUT2D eigenvalue weighted by Crippen LogP contribution is 2.09. The van der Waals surface area contributed by atoms with Crippen LogP contribution in [0.5, 0.6) is 0 Å². The molecule has 0 rings (SSSR count). The minimum Gasteiger partial charge on any atom is -0.303 e. The van der Waals surface area contributed by atoms with Gasteiger partial charge in [-0.05, 0) is 51.7 Å². The molecule has 0 aromatic heterocycles. The molecule has 0 saturated carbocycles. The van der Waals surface area contributed by atoms with Gasteiger partial charge in [0.25, 0.3) is 0 Å². The first kappa shape index (κ1) is 22.3. The number of carbonyl (C=O) groups is 2. The van der Waals surface area contributed by atoms with Crippen LogP contribution in [0.4, 0.5) is 0 Å². The molecule has 0 radical (unpaired) electrons. The summed E-state index contributed by atoms with van der Waals surface area (Å²) in [5, 5.41) is 0. The van der Waals surface area contributed by atoms with E-state index in [2.05, 4.69) is 11.8 Å². The van der Waals surface area contributed by atoms with Gasteiger partial charge >= 0.3 is 0 Å². The van der Waals surface area contributed by atoms with Crippen LogP contribution in [0.2, 0.25) is 0 Å². The molecule has 0 unspecified atom stereocenters. The molecule has 0 aromatic carbocycles. The molecule has 0 aromatic rings. The Hall–Kier alpha value is -0.700. The minimum atomic E-state index is 0.732. The summed E-state index contributed by atoms with van der Waals surface area (Å²) < 4.78 is 0. The normalized spacial score (nSPS) is 11.0. The molecule has 0 fully saturated rings. The fraction of sp³-hybridized carbons (Fsp3) is 0.900. The van der Waals surface area contributed by atoms with Crippen molar-refractivity contribution in [2.45, 2.75) is 96.8 Å². The summed E-state index contributed by atoms with van der Waals surface area (Å²) in [5.74, 6) is 0. The number of carbonyl (C=O) groups excluding carboxylic acids is 2. The molecular weight excluding hydrogens is 286 g/mol. The maximum Gasteiger partial charge on any atom is 0.119 e. The van der Waals surface area contributed by atoms with E-state index < -0.39 is 0 Å².